The molecule has 0 saturated carbocycles. The van der Waals surface area contributed by atoms with E-state index in [0.717, 1.165) is 12.8 Å². The lowest BCUT2D eigenvalue weighted by atomic mass is 9.90. The maximum atomic E-state index is 11.0. The summed E-state index contributed by atoms with van der Waals surface area (Å²) in [6, 6.07) is -0.156. The summed E-state index contributed by atoms with van der Waals surface area (Å²) in [6.07, 6.45) is 5.60. The van der Waals surface area contributed by atoms with Gasteiger partial charge in [0.25, 0.3) is 0 Å². The number of halogens is 1. The molecule has 0 bridgehead atoms. The molecule has 0 heterocycles. The molecule has 12 heavy (non-hydrogen) atoms. The van der Waals surface area contributed by atoms with Gasteiger partial charge >= 0.3 is 5.97 Å². The second-order valence-corrected chi connectivity index (χ2v) is 2.71. The highest BCUT2D eigenvalue weighted by Gasteiger charge is 2.25. The number of methoxy groups -OCH3 is 1. The third-order valence-corrected chi connectivity index (χ3v) is 1.97. The number of carbonyl (C=O) groups excluding carboxylic acids is 1. The Labute approximate surface area is 78.4 Å². The standard InChI is InChI=1S/C8H13NO2.ClH/c1-11-8(10)6-4-2-3-5-7(6)9;/h3,5-7H,2,4,9H2,1H3;1H. The van der Waals surface area contributed by atoms with Crippen LogP contribution in [-0.4, -0.2) is 19.1 Å². The second-order valence-electron chi connectivity index (χ2n) is 2.71. The molecule has 0 aromatic carbocycles. The van der Waals surface area contributed by atoms with Crippen LogP contribution in [0.25, 0.3) is 0 Å². The van der Waals surface area contributed by atoms with E-state index >= 15 is 0 Å². The van der Waals surface area contributed by atoms with Crippen molar-refractivity contribution in [3.63, 3.8) is 0 Å². The summed E-state index contributed by atoms with van der Waals surface area (Å²) >= 11 is 0. The Bertz CT molecular complexity index is 182. The van der Waals surface area contributed by atoms with Crippen LogP contribution in [0.5, 0.6) is 0 Å². The van der Waals surface area contributed by atoms with Crippen molar-refractivity contribution >= 4 is 18.4 Å². The number of carbonyl (C=O) groups is 1. The van der Waals surface area contributed by atoms with E-state index < -0.39 is 0 Å². The van der Waals surface area contributed by atoms with Crippen LogP contribution in [0.4, 0.5) is 0 Å². The molecule has 70 valence electrons. The van der Waals surface area contributed by atoms with Gasteiger partial charge in [-0.25, -0.2) is 0 Å². The van der Waals surface area contributed by atoms with Crippen molar-refractivity contribution in [3.8, 4) is 0 Å². The van der Waals surface area contributed by atoms with E-state index in [4.69, 9.17) is 5.73 Å². The van der Waals surface area contributed by atoms with Crippen LogP contribution in [0.3, 0.4) is 0 Å². The van der Waals surface area contributed by atoms with E-state index in [1.807, 2.05) is 12.2 Å². The highest BCUT2D eigenvalue weighted by atomic mass is 35.5. The summed E-state index contributed by atoms with van der Waals surface area (Å²) in [5.41, 5.74) is 5.67. The molecule has 1 aliphatic carbocycles. The number of hydrogen-bond donors (Lipinski definition) is 1. The smallest absolute Gasteiger partial charge is 0.310 e. The van der Waals surface area contributed by atoms with Crippen LogP contribution in [0.15, 0.2) is 12.2 Å². The minimum Gasteiger partial charge on any atom is -0.469 e. The van der Waals surface area contributed by atoms with Crippen LogP contribution < -0.4 is 5.73 Å². The Hall–Kier alpha value is -0.540. The zero-order valence-corrected chi connectivity index (χ0v) is 7.84. The Kier molecular flexibility index (Phi) is 4.93. The minimum atomic E-state index is -0.193. The first-order valence-electron chi connectivity index (χ1n) is 3.76. The number of allylic oxidation sites excluding steroid dienone is 1. The average Bonchev–Trinajstić information content (AvgIpc) is 2.04. The Balaban J connectivity index is 0.00000121. The number of esters is 1. The summed E-state index contributed by atoms with van der Waals surface area (Å²) in [7, 11) is 1.40. The summed E-state index contributed by atoms with van der Waals surface area (Å²) < 4.78 is 4.61. The van der Waals surface area contributed by atoms with Crippen molar-refractivity contribution in [2.24, 2.45) is 11.7 Å². The number of rotatable bonds is 1. The molecule has 3 nitrogen and oxygen atoms in total. The fourth-order valence-electron chi connectivity index (χ4n) is 1.28. The van der Waals surface area contributed by atoms with Crippen LogP contribution in [0.1, 0.15) is 12.8 Å². The van der Waals surface area contributed by atoms with Gasteiger partial charge in [-0.2, -0.15) is 0 Å². The number of hydrogen-bond acceptors (Lipinski definition) is 3. The molecule has 0 amide bonds. The first-order valence-corrected chi connectivity index (χ1v) is 3.76. The summed E-state index contributed by atoms with van der Waals surface area (Å²) in [4.78, 5) is 11.0. The van der Waals surface area contributed by atoms with E-state index in [2.05, 4.69) is 4.74 Å². The Morgan fingerprint density at radius 1 is 1.67 bits per heavy atom. The lowest BCUT2D eigenvalue weighted by Crippen LogP contribution is -2.36. The van der Waals surface area contributed by atoms with Crippen LogP contribution in [0.2, 0.25) is 0 Å². The van der Waals surface area contributed by atoms with E-state index in [1.54, 1.807) is 0 Å². The molecule has 2 atom stereocenters. The first kappa shape index (κ1) is 11.5. The van der Waals surface area contributed by atoms with Crippen LogP contribution >= 0.6 is 12.4 Å². The van der Waals surface area contributed by atoms with Gasteiger partial charge in [0.1, 0.15) is 0 Å². The molecule has 0 aliphatic heterocycles. The third kappa shape index (κ3) is 2.50. The SMILES string of the molecule is COC(=O)C1CCC=CC1N.Cl. The normalized spacial score (nSPS) is 27.5. The highest BCUT2D eigenvalue weighted by Crippen LogP contribution is 2.18. The molecule has 1 aliphatic rings. The van der Waals surface area contributed by atoms with Gasteiger partial charge in [-0.3, -0.25) is 4.79 Å². The van der Waals surface area contributed by atoms with Crippen LogP contribution in [0, 0.1) is 5.92 Å². The Morgan fingerprint density at radius 2 is 2.33 bits per heavy atom. The van der Waals surface area contributed by atoms with Crippen molar-refractivity contribution < 1.29 is 9.53 Å². The number of ether oxygens (including phenoxy) is 1. The molecule has 4 heteroatoms. The molecule has 0 radical (unpaired) electrons. The van der Waals surface area contributed by atoms with E-state index in [1.165, 1.54) is 7.11 Å². The van der Waals surface area contributed by atoms with Crippen molar-refractivity contribution in [2.75, 3.05) is 7.11 Å². The second kappa shape index (κ2) is 5.17. The van der Waals surface area contributed by atoms with Crippen LogP contribution in [-0.2, 0) is 9.53 Å². The van der Waals surface area contributed by atoms with Crippen molar-refractivity contribution in [1.29, 1.82) is 0 Å². The topological polar surface area (TPSA) is 52.3 Å². The molecule has 1 rings (SSSR count). The predicted molar refractivity (Wildman–Crippen MR) is 49.1 cm³/mol. The van der Waals surface area contributed by atoms with Crippen molar-refractivity contribution in [1.82, 2.24) is 0 Å². The summed E-state index contributed by atoms with van der Waals surface area (Å²) in [5, 5.41) is 0. The zero-order valence-electron chi connectivity index (χ0n) is 7.03. The molecular formula is C8H14ClNO2. The lowest BCUT2D eigenvalue weighted by Gasteiger charge is -2.21. The monoisotopic (exact) mass is 191 g/mol. The fourth-order valence-corrected chi connectivity index (χ4v) is 1.28. The third-order valence-electron chi connectivity index (χ3n) is 1.97. The van der Waals surface area contributed by atoms with Gasteiger partial charge in [0.05, 0.1) is 13.0 Å². The summed E-state index contributed by atoms with van der Waals surface area (Å²) in [5.74, 6) is -0.327. The van der Waals surface area contributed by atoms with E-state index in [0.29, 0.717) is 0 Å². The largest absolute Gasteiger partial charge is 0.469 e. The number of nitrogens with two attached hydrogens (primary N) is 1. The molecule has 2 unspecified atom stereocenters. The van der Waals surface area contributed by atoms with E-state index in [-0.39, 0.29) is 30.3 Å². The summed E-state index contributed by atoms with van der Waals surface area (Å²) in [6.45, 7) is 0. The van der Waals surface area contributed by atoms with Gasteiger partial charge in [0.2, 0.25) is 0 Å². The van der Waals surface area contributed by atoms with Gasteiger partial charge in [-0.15, -0.1) is 12.4 Å². The predicted octanol–water partition coefficient (Wildman–Crippen LogP) is 0.875. The average molecular weight is 192 g/mol. The molecule has 0 fully saturated rings. The Morgan fingerprint density at radius 3 is 2.83 bits per heavy atom. The maximum absolute atomic E-state index is 11.0. The van der Waals surface area contributed by atoms with Crippen molar-refractivity contribution in [3.05, 3.63) is 12.2 Å². The lowest BCUT2D eigenvalue weighted by molar-refractivity contribution is -0.146. The minimum absolute atomic E-state index is 0. The zero-order chi connectivity index (χ0) is 8.27. The molecule has 2 N–H and O–H groups in total. The van der Waals surface area contributed by atoms with Gasteiger partial charge in [0.15, 0.2) is 0 Å². The van der Waals surface area contributed by atoms with Gasteiger partial charge < -0.3 is 10.5 Å². The quantitative estimate of drug-likeness (QED) is 0.495. The molecular weight excluding hydrogens is 178 g/mol. The molecule has 0 aromatic rings. The molecule has 0 saturated heterocycles. The van der Waals surface area contributed by atoms with Gasteiger partial charge in [-0.05, 0) is 12.8 Å². The fraction of sp³-hybridized carbons (Fsp3) is 0.625. The molecule has 0 aromatic heterocycles. The van der Waals surface area contributed by atoms with E-state index in [9.17, 15) is 4.79 Å². The maximum Gasteiger partial charge on any atom is 0.310 e. The van der Waals surface area contributed by atoms with Gasteiger partial charge in [0, 0.05) is 6.04 Å². The van der Waals surface area contributed by atoms with Gasteiger partial charge in [-0.1, -0.05) is 12.2 Å². The highest BCUT2D eigenvalue weighted by molar-refractivity contribution is 5.85. The molecule has 0 spiro atoms. The van der Waals surface area contributed by atoms with Crippen molar-refractivity contribution in [2.45, 2.75) is 18.9 Å². The first-order chi connectivity index (χ1) is 5.25.